The lowest BCUT2D eigenvalue weighted by Crippen LogP contribution is -2.42. The topological polar surface area (TPSA) is 83.7 Å². The van der Waals surface area contributed by atoms with E-state index in [1.165, 1.54) is 17.7 Å². The number of carbonyl (C=O) groups excluding carboxylic acids is 1. The van der Waals surface area contributed by atoms with Gasteiger partial charge in [0.05, 0.1) is 4.90 Å². The highest BCUT2D eigenvalue weighted by Crippen LogP contribution is 2.27. The van der Waals surface area contributed by atoms with Gasteiger partial charge in [-0.05, 0) is 44.0 Å². The van der Waals surface area contributed by atoms with E-state index in [1.807, 2.05) is 30.0 Å². The summed E-state index contributed by atoms with van der Waals surface area (Å²) in [6.45, 7) is 6.42. The van der Waals surface area contributed by atoms with Gasteiger partial charge < -0.3 is 4.90 Å². The molecule has 1 aliphatic heterocycles. The van der Waals surface area contributed by atoms with E-state index in [1.54, 1.807) is 12.1 Å². The van der Waals surface area contributed by atoms with Crippen LogP contribution in [0.25, 0.3) is 0 Å². The molecule has 0 spiro atoms. The third kappa shape index (κ3) is 4.43. The fourth-order valence-corrected chi connectivity index (χ4v) is 4.42. The summed E-state index contributed by atoms with van der Waals surface area (Å²) in [5, 5.41) is 5.20. The molecule has 0 aromatic heterocycles. The van der Waals surface area contributed by atoms with Crippen molar-refractivity contribution < 1.29 is 13.2 Å². The van der Waals surface area contributed by atoms with Crippen molar-refractivity contribution in [1.82, 2.24) is 9.80 Å². The zero-order chi connectivity index (χ0) is 20.3. The van der Waals surface area contributed by atoms with Crippen molar-refractivity contribution in [3.05, 3.63) is 65.7 Å². The number of rotatable bonds is 6. The average Bonchev–Trinajstić information content (AvgIpc) is 3.18. The van der Waals surface area contributed by atoms with Gasteiger partial charge in [0, 0.05) is 37.3 Å². The summed E-state index contributed by atoms with van der Waals surface area (Å²) in [6.07, 6.45) is 0.894. The Kier molecular flexibility index (Phi) is 6.17. The van der Waals surface area contributed by atoms with Gasteiger partial charge in [-0.3, -0.25) is 9.69 Å². The van der Waals surface area contributed by atoms with Crippen LogP contribution in [0.15, 0.2) is 59.5 Å². The molecule has 1 aliphatic rings. The molecule has 2 aromatic rings. The minimum Gasteiger partial charge on any atom is -0.335 e. The van der Waals surface area contributed by atoms with Crippen LogP contribution in [0.3, 0.4) is 0 Å². The van der Waals surface area contributed by atoms with Crippen LogP contribution in [0.4, 0.5) is 0 Å². The van der Waals surface area contributed by atoms with Gasteiger partial charge in [-0.2, -0.15) is 0 Å². The number of primary sulfonamides is 1. The van der Waals surface area contributed by atoms with E-state index in [9.17, 15) is 13.2 Å². The molecule has 2 N–H and O–H groups in total. The quantitative estimate of drug-likeness (QED) is 0.806. The van der Waals surface area contributed by atoms with Gasteiger partial charge in [-0.15, -0.1) is 0 Å². The summed E-state index contributed by atoms with van der Waals surface area (Å²) >= 11 is 0. The Balaban J connectivity index is 1.74. The Morgan fingerprint density at radius 2 is 1.93 bits per heavy atom. The van der Waals surface area contributed by atoms with Crippen molar-refractivity contribution in [3.63, 3.8) is 0 Å². The fourth-order valence-electron chi connectivity index (χ4n) is 3.86. The summed E-state index contributed by atoms with van der Waals surface area (Å²) in [4.78, 5) is 17.2. The maximum Gasteiger partial charge on any atom is 0.254 e. The molecule has 1 heterocycles. The van der Waals surface area contributed by atoms with E-state index in [0.717, 1.165) is 19.5 Å². The first-order chi connectivity index (χ1) is 13.3. The number of nitrogens with zero attached hydrogens (tertiary/aromatic N) is 2. The predicted molar refractivity (Wildman–Crippen MR) is 109 cm³/mol. The molecule has 2 atom stereocenters. The number of amides is 1. The largest absolute Gasteiger partial charge is 0.335 e. The third-order valence-electron chi connectivity index (χ3n) is 5.48. The minimum atomic E-state index is -3.84. The lowest BCUT2D eigenvalue weighted by molar-refractivity contribution is 0.0689. The number of likely N-dealkylation sites (tertiary alicyclic amines) is 1. The van der Waals surface area contributed by atoms with E-state index < -0.39 is 10.0 Å². The number of benzene rings is 2. The van der Waals surface area contributed by atoms with Crippen LogP contribution >= 0.6 is 0 Å². The van der Waals surface area contributed by atoms with Crippen LogP contribution in [0.2, 0.25) is 0 Å². The second-order valence-electron chi connectivity index (χ2n) is 7.19. The normalized spacial score (nSPS) is 18.8. The Hall–Kier alpha value is -2.22. The van der Waals surface area contributed by atoms with Gasteiger partial charge in [0.15, 0.2) is 0 Å². The molecule has 6 nitrogen and oxygen atoms in total. The van der Waals surface area contributed by atoms with E-state index in [2.05, 4.69) is 24.0 Å². The van der Waals surface area contributed by atoms with Crippen LogP contribution in [0.1, 0.15) is 42.2 Å². The second-order valence-corrected chi connectivity index (χ2v) is 8.75. The molecule has 1 saturated heterocycles. The van der Waals surface area contributed by atoms with E-state index in [-0.39, 0.29) is 22.9 Å². The van der Waals surface area contributed by atoms with E-state index in [0.29, 0.717) is 12.1 Å². The lowest BCUT2D eigenvalue weighted by atomic mass is 10.1. The smallest absolute Gasteiger partial charge is 0.254 e. The van der Waals surface area contributed by atoms with Gasteiger partial charge in [0.2, 0.25) is 10.0 Å². The summed E-state index contributed by atoms with van der Waals surface area (Å²) < 4.78 is 23.2. The molecular formula is C21H27N3O3S. The lowest BCUT2D eigenvalue weighted by Gasteiger charge is -2.30. The number of carbonyl (C=O) groups is 1. The monoisotopic (exact) mass is 401 g/mol. The standard InChI is InChI=1S/C21H27N3O3S/c1-3-24(21(25)18-10-7-11-20(14-18)28(22,26)27)19-12-13-23(15-19)16(2)17-8-5-4-6-9-17/h4-11,14,16,19H,3,12-13,15H2,1-2H3,(H2,22,26,27)/t16-,19-/m0/s1. The molecule has 7 heteroatoms. The Morgan fingerprint density at radius 1 is 1.21 bits per heavy atom. The molecule has 0 unspecified atom stereocenters. The van der Waals surface area contributed by atoms with Gasteiger partial charge >= 0.3 is 0 Å². The first kappa shape index (κ1) is 20.5. The van der Waals surface area contributed by atoms with Crippen molar-refractivity contribution in [1.29, 1.82) is 0 Å². The van der Waals surface area contributed by atoms with Gasteiger partial charge in [-0.25, -0.2) is 13.6 Å². The predicted octanol–water partition coefficient (Wildman–Crippen LogP) is 2.63. The SMILES string of the molecule is CCN(C(=O)c1cccc(S(N)(=O)=O)c1)[C@H]1CCN([C@@H](C)c2ccccc2)C1. The number of hydrogen-bond donors (Lipinski definition) is 1. The molecule has 1 amide bonds. The van der Waals surface area contributed by atoms with Crippen LogP contribution in [-0.2, 0) is 10.0 Å². The number of sulfonamides is 1. The number of nitrogens with two attached hydrogens (primary N) is 1. The van der Waals surface area contributed by atoms with Crippen LogP contribution in [-0.4, -0.2) is 49.8 Å². The number of likely N-dealkylation sites (N-methyl/N-ethyl adjacent to an activating group) is 1. The first-order valence-electron chi connectivity index (χ1n) is 9.54. The summed E-state index contributed by atoms with van der Waals surface area (Å²) in [7, 11) is -3.84. The van der Waals surface area contributed by atoms with Crippen molar-refractivity contribution >= 4 is 15.9 Å². The molecule has 3 rings (SSSR count). The Morgan fingerprint density at radius 3 is 2.57 bits per heavy atom. The van der Waals surface area contributed by atoms with Crippen LogP contribution in [0.5, 0.6) is 0 Å². The van der Waals surface area contributed by atoms with E-state index >= 15 is 0 Å². The Labute approximate surface area is 167 Å². The molecule has 0 aliphatic carbocycles. The van der Waals surface area contributed by atoms with Crippen LogP contribution < -0.4 is 5.14 Å². The summed E-state index contributed by atoms with van der Waals surface area (Å²) in [5.74, 6) is -0.160. The van der Waals surface area contributed by atoms with Crippen LogP contribution in [0, 0.1) is 0 Å². The van der Waals surface area contributed by atoms with Crippen molar-refractivity contribution in [2.45, 2.75) is 37.2 Å². The summed E-state index contributed by atoms with van der Waals surface area (Å²) in [6, 6.07) is 16.7. The highest BCUT2D eigenvalue weighted by molar-refractivity contribution is 7.89. The van der Waals surface area contributed by atoms with Crippen molar-refractivity contribution in [2.75, 3.05) is 19.6 Å². The van der Waals surface area contributed by atoms with Gasteiger partial charge in [0.25, 0.3) is 5.91 Å². The second kappa shape index (κ2) is 8.43. The molecule has 150 valence electrons. The fraction of sp³-hybridized carbons (Fsp3) is 0.381. The maximum absolute atomic E-state index is 13.1. The molecule has 0 bridgehead atoms. The number of hydrogen-bond acceptors (Lipinski definition) is 4. The third-order valence-corrected chi connectivity index (χ3v) is 6.39. The van der Waals surface area contributed by atoms with Gasteiger partial charge in [-0.1, -0.05) is 36.4 Å². The molecular weight excluding hydrogens is 374 g/mol. The molecule has 0 saturated carbocycles. The average molecular weight is 402 g/mol. The van der Waals surface area contributed by atoms with Crippen molar-refractivity contribution in [2.24, 2.45) is 5.14 Å². The zero-order valence-corrected chi connectivity index (χ0v) is 17.1. The maximum atomic E-state index is 13.1. The van der Waals surface area contributed by atoms with Gasteiger partial charge in [0.1, 0.15) is 0 Å². The Bertz CT molecular complexity index is 931. The minimum absolute atomic E-state index is 0.0415. The molecule has 0 radical (unpaired) electrons. The summed E-state index contributed by atoms with van der Waals surface area (Å²) in [5.41, 5.74) is 1.61. The molecule has 2 aromatic carbocycles. The zero-order valence-electron chi connectivity index (χ0n) is 16.3. The highest BCUT2D eigenvalue weighted by Gasteiger charge is 2.32. The molecule has 28 heavy (non-hydrogen) atoms. The first-order valence-corrected chi connectivity index (χ1v) is 11.1. The highest BCUT2D eigenvalue weighted by atomic mass is 32.2. The molecule has 1 fully saturated rings. The van der Waals surface area contributed by atoms with Crippen molar-refractivity contribution in [3.8, 4) is 0 Å². The van der Waals surface area contributed by atoms with E-state index in [4.69, 9.17) is 5.14 Å².